The normalized spacial score (nSPS) is 15.8. The highest BCUT2D eigenvalue weighted by Gasteiger charge is 2.28. The molecule has 1 aliphatic carbocycles. The van der Waals surface area contributed by atoms with Crippen molar-refractivity contribution >= 4 is 0 Å². The van der Waals surface area contributed by atoms with Gasteiger partial charge in [0.2, 0.25) is 0 Å². The van der Waals surface area contributed by atoms with Crippen LogP contribution in [-0.2, 0) is 6.54 Å². The van der Waals surface area contributed by atoms with E-state index < -0.39 is 0 Å². The highest BCUT2D eigenvalue weighted by molar-refractivity contribution is 4.99. The Morgan fingerprint density at radius 1 is 1.28 bits per heavy atom. The van der Waals surface area contributed by atoms with Crippen LogP contribution in [0.15, 0.2) is 22.8 Å². The fraction of sp³-hybridized carbons (Fsp3) is 0.714. The summed E-state index contributed by atoms with van der Waals surface area (Å²) in [6.45, 7) is 5.28. The van der Waals surface area contributed by atoms with Crippen molar-refractivity contribution in [3.8, 4) is 0 Å². The number of furan rings is 1. The second-order valence-electron chi connectivity index (χ2n) is 5.33. The number of rotatable bonds is 9. The van der Waals surface area contributed by atoms with Crippen LogP contribution >= 0.6 is 0 Å². The summed E-state index contributed by atoms with van der Waals surface area (Å²) in [7, 11) is 4.21. The summed E-state index contributed by atoms with van der Waals surface area (Å²) >= 11 is 0. The third-order valence-corrected chi connectivity index (χ3v) is 3.31. The summed E-state index contributed by atoms with van der Waals surface area (Å²) in [5.74, 6) is 1.08. The van der Waals surface area contributed by atoms with Crippen LogP contribution in [0.3, 0.4) is 0 Å². The summed E-state index contributed by atoms with van der Waals surface area (Å²) in [5, 5.41) is 3.50. The second kappa shape index (κ2) is 6.92. The molecule has 102 valence electrons. The average Bonchev–Trinajstić information content (AvgIpc) is 3.05. The molecular formula is C14H25N3O. The van der Waals surface area contributed by atoms with Gasteiger partial charge < -0.3 is 14.6 Å². The first-order valence-corrected chi connectivity index (χ1v) is 6.87. The highest BCUT2D eigenvalue weighted by atomic mass is 16.3. The lowest BCUT2D eigenvalue weighted by molar-refractivity contribution is 0.233. The van der Waals surface area contributed by atoms with Crippen molar-refractivity contribution in [2.45, 2.75) is 25.4 Å². The molecule has 0 amide bonds. The minimum Gasteiger partial charge on any atom is -0.468 e. The standard InChI is InChI=1S/C14H25N3O/c1-16(2)9-7-15-8-10-17(13-5-6-13)12-14-4-3-11-18-14/h3-4,11,13,15H,5-10,12H2,1-2H3. The van der Waals surface area contributed by atoms with Crippen LogP contribution in [0, 0.1) is 0 Å². The zero-order valence-electron chi connectivity index (χ0n) is 11.6. The van der Waals surface area contributed by atoms with Gasteiger partial charge in [0, 0.05) is 32.2 Å². The van der Waals surface area contributed by atoms with E-state index in [9.17, 15) is 0 Å². The molecule has 1 heterocycles. The van der Waals surface area contributed by atoms with E-state index in [2.05, 4.69) is 35.3 Å². The summed E-state index contributed by atoms with van der Waals surface area (Å²) in [6.07, 6.45) is 4.45. The molecule has 18 heavy (non-hydrogen) atoms. The molecule has 1 aliphatic rings. The van der Waals surface area contributed by atoms with E-state index >= 15 is 0 Å². The Balaban J connectivity index is 1.64. The Bertz CT molecular complexity index is 320. The average molecular weight is 251 g/mol. The van der Waals surface area contributed by atoms with Crippen molar-refractivity contribution in [3.63, 3.8) is 0 Å². The van der Waals surface area contributed by atoms with Gasteiger partial charge in [-0.05, 0) is 39.1 Å². The van der Waals surface area contributed by atoms with Crippen molar-refractivity contribution in [3.05, 3.63) is 24.2 Å². The first kappa shape index (κ1) is 13.6. The van der Waals surface area contributed by atoms with Crippen LogP contribution in [0.5, 0.6) is 0 Å². The molecule has 0 aliphatic heterocycles. The smallest absolute Gasteiger partial charge is 0.117 e. The number of hydrogen-bond acceptors (Lipinski definition) is 4. The third kappa shape index (κ3) is 4.80. The van der Waals surface area contributed by atoms with Gasteiger partial charge >= 0.3 is 0 Å². The third-order valence-electron chi connectivity index (χ3n) is 3.31. The zero-order chi connectivity index (χ0) is 12.8. The fourth-order valence-electron chi connectivity index (χ4n) is 2.08. The minimum atomic E-state index is 0.783. The maximum absolute atomic E-state index is 5.43. The van der Waals surface area contributed by atoms with E-state index in [1.54, 1.807) is 6.26 Å². The molecule has 1 N–H and O–H groups in total. The maximum Gasteiger partial charge on any atom is 0.117 e. The van der Waals surface area contributed by atoms with Gasteiger partial charge in [0.1, 0.15) is 5.76 Å². The largest absolute Gasteiger partial charge is 0.468 e. The van der Waals surface area contributed by atoms with Crippen LogP contribution in [-0.4, -0.2) is 56.1 Å². The van der Waals surface area contributed by atoms with Gasteiger partial charge in [-0.25, -0.2) is 0 Å². The van der Waals surface area contributed by atoms with Gasteiger partial charge in [0.15, 0.2) is 0 Å². The SMILES string of the molecule is CN(C)CCNCCN(Cc1ccco1)C1CC1. The first-order valence-electron chi connectivity index (χ1n) is 6.87. The molecule has 4 heteroatoms. The van der Waals surface area contributed by atoms with Crippen molar-refractivity contribution in [2.24, 2.45) is 0 Å². The zero-order valence-corrected chi connectivity index (χ0v) is 11.6. The number of hydrogen-bond donors (Lipinski definition) is 1. The van der Waals surface area contributed by atoms with Gasteiger partial charge in [0.25, 0.3) is 0 Å². The molecule has 1 aromatic rings. The lowest BCUT2D eigenvalue weighted by Crippen LogP contribution is -2.35. The van der Waals surface area contributed by atoms with Crippen LogP contribution in [0.2, 0.25) is 0 Å². The molecule has 1 fully saturated rings. The second-order valence-corrected chi connectivity index (χ2v) is 5.33. The van der Waals surface area contributed by atoms with Crippen molar-refractivity contribution in [1.82, 2.24) is 15.1 Å². The van der Waals surface area contributed by atoms with E-state index in [0.29, 0.717) is 0 Å². The molecule has 0 aromatic carbocycles. The predicted molar refractivity (Wildman–Crippen MR) is 73.6 cm³/mol. The van der Waals surface area contributed by atoms with E-state index in [1.807, 2.05) is 6.07 Å². The highest BCUT2D eigenvalue weighted by Crippen LogP contribution is 2.27. The molecule has 0 saturated heterocycles. The molecule has 2 rings (SSSR count). The summed E-state index contributed by atoms with van der Waals surface area (Å²) in [6, 6.07) is 4.82. The van der Waals surface area contributed by atoms with Gasteiger partial charge in [0.05, 0.1) is 12.8 Å². The topological polar surface area (TPSA) is 31.6 Å². The monoisotopic (exact) mass is 251 g/mol. The quantitative estimate of drug-likeness (QED) is 0.672. The van der Waals surface area contributed by atoms with Crippen molar-refractivity contribution in [1.29, 1.82) is 0 Å². The van der Waals surface area contributed by atoms with Gasteiger partial charge in [-0.15, -0.1) is 0 Å². The molecule has 4 nitrogen and oxygen atoms in total. The van der Waals surface area contributed by atoms with Crippen LogP contribution in [0.1, 0.15) is 18.6 Å². The minimum absolute atomic E-state index is 0.783. The predicted octanol–water partition coefficient (Wildman–Crippen LogP) is 1.40. The number of nitrogens with zero attached hydrogens (tertiary/aromatic N) is 2. The molecule has 0 spiro atoms. The fourth-order valence-corrected chi connectivity index (χ4v) is 2.08. The Hall–Kier alpha value is -0.840. The first-order chi connectivity index (χ1) is 8.75. The molecular weight excluding hydrogens is 226 g/mol. The lowest BCUT2D eigenvalue weighted by Gasteiger charge is -2.21. The Kier molecular flexibility index (Phi) is 5.23. The molecule has 0 radical (unpaired) electrons. The van der Waals surface area contributed by atoms with Crippen LogP contribution in [0.25, 0.3) is 0 Å². The summed E-state index contributed by atoms with van der Waals surface area (Å²) in [5.41, 5.74) is 0. The van der Waals surface area contributed by atoms with E-state index in [4.69, 9.17) is 4.42 Å². The van der Waals surface area contributed by atoms with Crippen molar-refractivity contribution in [2.75, 3.05) is 40.3 Å². The van der Waals surface area contributed by atoms with Gasteiger partial charge in [-0.1, -0.05) is 0 Å². The summed E-state index contributed by atoms with van der Waals surface area (Å²) < 4.78 is 5.43. The van der Waals surface area contributed by atoms with Crippen molar-refractivity contribution < 1.29 is 4.42 Å². The molecule has 0 bridgehead atoms. The molecule has 0 unspecified atom stereocenters. The Morgan fingerprint density at radius 3 is 2.67 bits per heavy atom. The van der Waals surface area contributed by atoms with Crippen LogP contribution in [0.4, 0.5) is 0 Å². The van der Waals surface area contributed by atoms with Gasteiger partial charge in [-0.2, -0.15) is 0 Å². The van der Waals surface area contributed by atoms with Gasteiger partial charge in [-0.3, -0.25) is 4.90 Å². The van der Waals surface area contributed by atoms with E-state index in [0.717, 1.165) is 44.5 Å². The summed E-state index contributed by atoms with van der Waals surface area (Å²) in [4.78, 5) is 4.73. The van der Waals surface area contributed by atoms with Crippen LogP contribution < -0.4 is 5.32 Å². The number of likely N-dealkylation sites (N-methyl/N-ethyl adjacent to an activating group) is 1. The Labute approximate surface area is 110 Å². The van der Waals surface area contributed by atoms with E-state index in [-0.39, 0.29) is 0 Å². The maximum atomic E-state index is 5.43. The molecule has 0 atom stereocenters. The Morgan fingerprint density at radius 2 is 2.06 bits per heavy atom. The lowest BCUT2D eigenvalue weighted by atomic mass is 10.3. The van der Waals surface area contributed by atoms with E-state index in [1.165, 1.54) is 12.8 Å². The molecule has 1 aromatic heterocycles. The molecule has 1 saturated carbocycles. The number of nitrogens with one attached hydrogen (secondary N) is 1.